The predicted molar refractivity (Wildman–Crippen MR) is 104 cm³/mol. The SMILES string of the molecule is COc1cc(-c2noc(CN(C)CCCc3ccccc3)n2)ccc1OC(F)F. The van der Waals surface area contributed by atoms with Crippen LogP contribution < -0.4 is 9.47 Å². The molecule has 0 aliphatic carbocycles. The molecule has 8 heteroatoms. The second-order valence-corrected chi connectivity index (χ2v) is 6.58. The second kappa shape index (κ2) is 9.97. The van der Waals surface area contributed by atoms with E-state index in [0.29, 0.717) is 23.8 Å². The lowest BCUT2D eigenvalue weighted by atomic mass is 10.1. The number of hydrogen-bond donors (Lipinski definition) is 0. The minimum absolute atomic E-state index is 0.0480. The number of hydrogen-bond acceptors (Lipinski definition) is 6. The minimum Gasteiger partial charge on any atom is -0.493 e. The van der Waals surface area contributed by atoms with Gasteiger partial charge in [-0.2, -0.15) is 13.8 Å². The highest BCUT2D eigenvalue weighted by atomic mass is 19.3. The van der Waals surface area contributed by atoms with Crippen LogP contribution in [0, 0.1) is 0 Å². The molecule has 0 unspecified atom stereocenters. The molecule has 29 heavy (non-hydrogen) atoms. The molecule has 154 valence electrons. The first-order chi connectivity index (χ1) is 14.0. The third-order valence-electron chi connectivity index (χ3n) is 4.36. The third kappa shape index (κ3) is 5.99. The van der Waals surface area contributed by atoms with Crippen LogP contribution in [-0.2, 0) is 13.0 Å². The summed E-state index contributed by atoms with van der Waals surface area (Å²) in [6.07, 6.45) is 2.03. The van der Waals surface area contributed by atoms with Crippen molar-refractivity contribution in [3.05, 3.63) is 60.0 Å². The molecule has 0 fully saturated rings. The highest BCUT2D eigenvalue weighted by molar-refractivity contribution is 5.60. The largest absolute Gasteiger partial charge is 0.493 e. The maximum Gasteiger partial charge on any atom is 0.387 e. The molecule has 0 radical (unpaired) electrons. The average molecular weight is 403 g/mol. The molecular weight excluding hydrogens is 380 g/mol. The molecule has 0 atom stereocenters. The summed E-state index contributed by atoms with van der Waals surface area (Å²) in [4.78, 5) is 6.50. The monoisotopic (exact) mass is 403 g/mol. The number of methoxy groups -OCH3 is 1. The zero-order chi connectivity index (χ0) is 20.6. The zero-order valence-electron chi connectivity index (χ0n) is 16.3. The Morgan fingerprint density at radius 3 is 2.62 bits per heavy atom. The Morgan fingerprint density at radius 2 is 1.90 bits per heavy atom. The van der Waals surface area contributed by atoms with Gasteiger partial charge in [-0.25, -0.2) is 0 Å². The van der Waals surface area contributed by atoms with Gasteiger partial charge in [0.1, 0.15) is 0 Å². The number of alkyl halides is 2. The fraction of sp³-hybridized carbons (Fsp3) is 0.333. The van der Waals surface area contributed by atoms with E-state index in [2.05, 4.69) is 31.9 Å². The summed E-state index contributed by atoms with van der Waals surface area (Å²) in [5.41, 5.74) is 1.90. The lowest BCUT2D eigenvalue weighted by Crippen LogP contribution is -2.19. The summed E-state index contributed by atoms with van der Waals surface area (Å²) in [6, 6.07) is 14.9. The van der Waals surface area contributed by atoms with E-state index in [9.17, 15) is 8.78 Å². The van der Waals surface area contributed by atoms with Gasteiger partial charge >= 0.3 is 6.61 Å². The molecule has 0 aliphatic rings. The fourth-order valence-corrected chi connectivity index (χ4v) is 2.94. The predicted octanol–water partition coefficient (Wildman–Crippen LogP) is 4.41. The molecular formula is C21H23F2N3O3. The number of rotatable bonds is 10. The van der Waals surface area contributed by atoms with Crippen LogP contribution in [0.1, 0.15) is 17.9 Å². The van der Waals surface area contributed by atoms with Crippen molar-refractivity contribution in [1.29, 1.82) is 0 Å². The molecule has 0 saturated heterocycles. The Kier molecular flexibility index (Phi) is 7.13. The van der Waals surface area contributed by atoms with Crippen molar-refractivity contribution < 1.29 is 22.8 Å². The van der Waals surface area contributed by atoms with E-state index in [-0.39, 0.29) is 11.5 Å². The lowest BCUT2D eigenvalue weighted by molar-refractivity contribution is -0.0512. The van der Waals surface area contributed by atoms with Crippen LogP contribution in [0.3, 0.4) is 0 Å². The van der Waals surface area contributed by atoms with Gasteiger partial charge in [-0.15, -0.1) is 0 Å². The molecule has 0 N–H and O–H groups in total. The van der Waals surface area contributed by atoms with Gasteiger partial charge in [0.05, 0.1) is 13.7 Å². The van der Waals surface area contributed by atoms with Gasteiger partial charge in [-0.1, -0.05) is 35.5 Å². The van der Waals surface area contributed by atoms with Crippen LogP contribution in [-0.4, -0.2) is 42.4 Å². The number of benzene rings is 2. The summed E-state index contributed by atoms with van der Waals surface area (Å²) in [6.45, 7) is -1.52. The number of aromatic nitrogens is 2. The first-order valence-electron chi connectivity index (χ1n) is 9.23. The van der Waals surface area contributed by atoms with Crippen molar-refractivity contribution in [3.63, 3.8) is 0 Å². The topological polar surface area (TPSA) is 60.6 Å². The third-order valence-corrected chi connectivity index (χ3v) is 4.36. The molecule has 2 aromatic carbocycles. The van der Waals surface area contributed by atoms with Gasteiger partial charge in [0.15, 0.2) is 11.5 Å². The van der Waals surface area contributed by atoms with Crippen LogP contribution in [0.4, 0.5) is 8.78 Å². The Hall–Kier alpha value is -3.00. The normalized spacial score (nSPS) is 11.2. The quantitative estimate of drug-likeness (QED) is 0.500. The molecule has 0 saturated carbocycles. The van der Waals surface area contributed by atoms with Crippen LogP contribution in [0.2, 0.25) is 0 Å². The maximum absolute atomic E-state index is 12.4. The first-order valence-corrected chi connectivity index (χ1v) is 9.23. The van der Waals surface area contributed by atoms with Gasteiger partial charge in [0, 0.05) is 5.56 Å². The zero-order valence-corrected chi connectivity index (χ0v) is 16.3. The van der Waals surface area contributed by atoms with E-state index in [1.165, 1.54) is 24.8 Å². The van der Waals surface area contributed by atoms with Crippen molar-refractivity contribution in [2.45, 2.75) is 26.0 Å². The van der Waals surface area contributed by atoms with Crippen LogP contribution >= 0.6 is 0 Å². The van der Waals surface area contributed by atoms with Gasteiger partial charge in [0.2, 0.25) is 11.7 Å². The molecule has 0 amide bonds. The Morgan fingerprint density at radius 1 is 1.10 bits per heavy atom. The van der Waals surface area contributed by atoms with Crippen molar-refractivity contribution in [1.82, 2.24) is 15.0 Å². The Labute approximate surface area is 168 Å². The van der Waals surface area contributed by atoms with Crippen molar-refractivity contribution in [2.75, 3.05) is 20.7 Å². The summed E-state index contributed by atoms with van der Waals surface area (Å²) in [7, 11) is 3.37. The summed E-state index contributed by atoms with van der Waals surface area (Å²) in [5.74, 6) is 0.967. The van der Waals surface area contributed by atoms with E-state index >= 15 is 0 Å². The molecule has 0 bridgehead atoms. The number of halogens is 2. The Bertz CT molecular complexity index is 903. The van der Waals surface area contributed by atoms with E-state index < -0.39 is 6.61 Å². The van der Waals surface area contributed by atoms with Gasteiger partial charge in [-0.05, 0) is 50.2 Å². The number of aryl methyl sites for hydroxylation is 1. The number of nitrogens with zero attached hydrogens (tertiary/aromatic N) is 3. The molecule has 3 rings (SSSR count). The molecule has 0 aliphatic heterocycles. The molecule has 6 nitrogen and oxygen atoms in total. The van der Waals surface area contributed by atoms with E-state index in [4.69, 9.17) is 9.26 Å². The van der Waals surface area contributed by atoms with E-state index in [0.717, 1.165) is 19.4 Å². The molecule has 3 aromatic rings. The first kappa shape index (κ1) is 20.7. The fourth-order valence-electron chi connectivity index (χ4n) is 2.94. The molecule has 0 spiro atoms. The Balaban J connectivity index is 1.57. The average Bonchev–Trinajstić information content (AvgIpc) is 3.17. The van der Waals surface area contributed by atoms with Crippen molar-refractivity contribution >= 4 is 0 Å². The smallest absolute Gasteiger partial charge is 0.387 e. The van der Waals surface area contributed by atoms with Gasteiger partial charge in [0.25, 0.3) is 0 Å². The van der Waals surface area contributed by atoms with Crippen LogP contribution in [0.25, 0.3) is 11.4 Å². The summed E-state index contributed by atoms with van der Waals surface area (Å²) in [5, 5.41) is 3.98. The lowest BCUT2D eigenvalue weighted by Gasteiger charge is -2.13. The molecule has 1 heterocycles. The summed E-state index contributed by atoms with van der Waals surface area (Å²) < 4.78 is 39.8. The van der Waals surface area contributed by atoms with E-state index in [1.807, 2.05) is 25.2 Å². The minimum atomic E-state index is -2.93. The van der Waals surface area contributed by atoms with Gasteiger partial charge < -0.3 is 14.0 Å². The van der Waals surface area contributed by atoms with Crippen molar-refractivity contribution in [3.8, 4) is 22.9 Å². The highest BCUT2D eigenvalue weighted by Gasteiger charge is 2.15. The van der Waals surface area contributed by atoms with Crippen LogP contribution in [0.5, 0.6) is 11.5 Å². The standard InChI is InChI=1S/C21H23F2N3O3/c1-26(12-6-9-15-7-4-3-5-8-15)14-19-24-20(25-29-19)16-10-11-17(28-21(22)23)18(13-16)27-2/h3-5,7-8,10-11,13,21H,6,9,12,14H2,1-2H3. The van der Waals surface area contributed by atoms with E-state index in [1.54, 1.807) is 6.07 Å². The van der Waals surface area contributed by atoms with Crippen molar-refractivity contribution in [2.24, 2.45) is 0 Å². The highest BCUT2D eigenvalue weighted by Crippen LogP contribution is 2.32. The molecule has 1 aromatic heterocycles. The van der Waals surface area contributed by atoms with Crippen LogP contribution in [0.15, 0.2) is 53.1 Å². The van der Waals surface area contributed by atoms with Gasteiger partial charge in [-0.3, -0.25) is 4.90 Å². The number of ether oxygens (including phenoxy) is 2. The second-order valence-electron chi connectivity index (χ2n) is 6.58. The maximum atomic E-state index is 12.4. The summed E-state index contributed by atoms with van der Waals surface area (Å²) >= 11 is 0.